The topological polar surface area (TPSA) is 20.2 Å². The smallest absolute Gasteiger partial charge is 0.116 e. The van der Waals surface area contributed by atoms with Crippen LogP contribution in [0.1, 0.15) is 0 Å². The number of thiol groups is 2. The number of fused-ring (bicyclic) bond motifs is 1. The molecule has 0 aliphatic rings. The number of rotatable bonds is 0. The summed E-state index contributed by atoms with van der Waals surface area (Å²) in [5.74, 6) is 0.323. The molecule has 0 fully saturated rings. The summed E-state index contributed by atoms with van der Waals surface area (Å²) in [6.07, 6.45) is 0. The molecule has 2 aromatic carbocycles. The van der Waals surface area contributed by atoms with Crippen molar-refractivity contribution in [1.82, 2.24) is 0 Å². The van der Waals surface area contributed by atoms with Gasteiger partial charge >= 0.3 is 0 Å². The van der Waals surface area contributed by atoms with Crippen molar-refractivity contribution in [2.24, 2.45) is 0 Å². The van der Waals surface area contributed by atoms with Crippen molar-refractivity contribution >= 4 is 34.1 Å². The minimum Gasteiger partial charge on any atom is -0.508 e. The number of hydrogen-bond acceptors (Lipinski definition) is 3. The van der Waals surface area contributed by atoms with Gasteiger partial charge in [0.05, 0.1) is 0 Å². The average Bonchev–Trinajstić information content (AvgIpc) is 2.21. The lowest BCUT2D eigenvalue weighted by Gasteiger charge is -1.96. The Hall–Kier alpha value is -0.800. The molecule has 0 saturated carbocycles. The van der Waals surface area contributed by atoms with E-state index < -0.39 is 0 Å². The Morgan fingerprint density at radius 1 is 0.846 bits per heavy atom. The lowest BCUT2D eigenvalue weighted by atomic mass is 10.1. The highest BCUT2D eigenvalue weighted by atomic mass is 33.1. The molecule has 3 heteroatoms. The normalized spacial score (nSPS) is 9.08. The zero-order valence-corrected chi connectivity index (χ0v) is 8.67. The van der Waals surface area contributed by atoms with Crippen LogP contribution in [0, 0.1) is 0 Å². The van der Waals surface area contributed by atoms with E-state index in [2.05, 4.69) is 23.3 Å². The molecule has 0 aromatic heterocycles. The van der Waals surface area contributed by atoms with E-state index in [1.165, 1.54) is 0 Å². The molecule has 13 heavy (non-hydrogen) atoms. The third-order valence-corrected chi connectivity index (χ3v) is 1.73. The van der Waals surface area contributed by atoms with Crippen molar-refractivity contribution in [1.29, 1.82) is 0 Å². The zero-order valence-electron chi connectivity index (χ0n) is 6.88. The Bertz CT molecular complexity index is 387. The molecule has 0 heterocycles. The fraction of sp³-hybridized carbons (Fsp3) is 0. The molecule has 0 aliphatic heterocycles. The molecule has 1 nitrogen and oxygen atoms in total. The van der Waals surface area contributed by atoms with E-state index in [4.69, 9.17) is 5.11 Å². The van der Waals surface area contributed by atoms with Crippen LogP contribution in [0.4, 0.5) is 0 Å². The van der Waals surface area contributed by atoms with Crippen molar-refractivity contribution in [3.63, 3.8) is 0 Å². The molecule has 1 N–H and O–H groups in total. The second-order valence-corrected chi connectivity index (χ2v) is 2.53. The summed E-state index contributed by atoms with van der Waals surface area (Å²) in [5, 5.41) is 11.4. The van der Waals surface area contributed by atoms with Crippen LogP contribution in [-0.2, 0) is 0 Å². The van der Waals surface area contributed by atoms with E-state index in [0.29, 0.717) is 5.75 Å². The first-order chi connectivity index (χ1) is 6.36. The predicted molar refractivity (Wildman–Crippen MR) is 63.6 cm³/mol. The summed E-state index contributed by atoms with van der Waals surface area (Å²) in [7, 11) is 0. The highest BCUT2D eigenvalue weighted by molar-refractivity contribution is 8.59. The molecule has 0 unspecified atom stereocenters. The first kappa shape index (κ1) is 10.3. The number of aromatic hydroxyl groups is 1. The summed E-state index contributed by atoms with van der Waals surface area (Å²) < 4.78 is 0. The Labute approximate surface area is 87.6 Å². The summed E-state index contributed by atoms with van der Waals surface area (Å²) in [6, 6.07) is 13.3. The third-order valence-electron chi connectivity index (χ3n) is 1.73. The van der Waals surface area contributed by atoms with E-state index in [9.17, 15) is 0 Å². The largest absolute Gasteiger partial charge is 0.508 e. The fourth-order valence-corrected chi connectivity index (χ4v) is 1.18. The van der Waals surface area contributed by atoms with Gasteiger partial charge in [-0.3, -0.25) is 0 Å². The van der Waals surface area contributed by atoms with Gasteiger partial charge in [-0.25, -0.2) is 0 Å². The van der Waals surface area contributed by atoms with E-state index in [0.717, 1.165) is 10.8 Å². The van der Waals surface area contributed by atoms with Gasteiger partial charge in [-0.05, 0) is 22.9 Å². The van der Waals surface area contributed by atoms with Crippen LogP contribution in [0.3, 0.4) is 0 Å². The molecule has 0 radical (unpaired) electrons. The van der Waals surface area contributed by atoms with Gasteiger partial charge in [0.2, 0.25) is 0 Å². The molecular weight excluding hydrogens is 200 g/mol. The second kappa shape index (κ2) is 5.04. The Morgan fingerprint density at radius 3 is 2.15 bits per heavy atom. The van der Waals surface area contributed by atoms with Crippen LogP contribution in [0.5, 0.6) is 5.75 Å². The van der Waals surface area contributed by atoms with Crippen molar-refractivity contribution in [3.05, 3.63) is 42.5 Å². The van der Waals surface area contributed by atoms with Crippen molar-refractivity contribution in [2.45, 2.75) is 0 Å². The molecule has 0 spiro atoms. The highest BCUT2D eigenvalue weighted by Crippen LogP contribution is 2.18. The maximum absolute atomic E-state index is 9.13. The minimum atomic E-state index is 0.323. The van der Waals surface area contributed by atoms with Gasteiger partial charge in [-0.1, -0.05) is 30.3 Å². The number of benzene rings is 2. The van der Waals surface area contributed by atoms with Gasteiger partial charge in [-0.2, -0.15) is 0 Å². The molecular formula is C10H10OS2. The first-order valence-electron chi connectivity index (χ1n) is 3.74. The van der Waals surface area contributed by atoms with E-state index in [1.54, 1.807) is 12.1 Å². The van der Waals surface area contributed by atoms with Crippen LogP contribution in [-0.4, -0.2) is 5.11 Å². The Morgan fingerprint density at radius 2 is 1.46 bits per heavy atom. The molecule has 0 saturated heterocycles. The standard InChI is InChI=1S/C10H8O.H2S2/c11-10-6-5-8-3-1-2-4-9(8)7-10;1-2/h1-7,11H;1-2H. The number of hydrogen-bond donors (Lipinski definition) is 3. The van der Waals surface area contributed by atoms with Crippen LogP contribution in [0.25, 0.3) is 10.8 Å². The zero-order chi connectivity index (χ0) is 9.68. The second-order valence-electron chi connectivity index (χ2n) is 2.53. The SMILES string of the molecule is Oc1ccc2ccccc2c1.SS. The molecule has 0 amide bonds. The van der Waals surface area contributed by atoms with Crippen molar-refractivity contribution in [3.8, 4) is 5.75 Å². The van der Waals surface area contributed by atoms with E-state index in [1.807, 2.05) is 30.3 Å². The molecule has 0 atom stereocenters. The van der Waals surface area contributed by atoms with Gasteiger partial charge < -0.3 is 5.11 Å². The Kier molecular flexibility index (Phi) is 3.99. The lowest BCUT2D eigenvalue weighted by molar-refractivity contribution is 0.476. The number of phenolic OH excluding ortho intramolecular Hbond substituents is 1. The van der Waals surface area contributed by atoms with E-state index in [-0.39, 0.29) is 0 Å². The van der Waals surface area contributed by atoms with Crippen LogP contribution in [0.2, 0.25) is 0 Å². The van der Waals surface area contributed by atoms with Gasteiger partial charge in [0.15, 0.2) is 0 Å². The fourth-order valence-electron chi connectivity index (χ4n) is 1.18. The minimum absolute atomic E-state index is 0.323. The van der Waals surface area contributed by atoms with Gasteiger partial charge in [0, 0.05) is 0 Å². The average molecular weight is 210 g/mol. The molecule has 68 valence electrons. The molecule has 0 aliphatic carbocycles. The van der Waals surface area contributed by atoms with E-state index >= 15 is 0 Å². The third kappa shape index (κ3) is 2.57. The maximum Gasteiger partial charge on any atom is 0.116 e. The first-order valence-corrected chi connectivity index (χ1v) is 5.34. The molecule has 2 rings (SSSR count). The van der Waals surface area contributed by atoms with Gasteiger partial charge in [0.25, 0.3) is 0 Å². The van der Waals surface area contributed by atoms with Crippen LogP contribution in [0.15, 0.2) is 42.5 Å². The van der Waals surface area contributed by atoms with Crippen molar-refractivity contribution < 1.29 is 5.11 Å². The van der Waals surface area contributed by atoms with Gasteiger partial charge in [-0.15, -0.1) is 23.3 Å². The predicted octanol–water partition coefficient (Wildman–Crippen LogP) is 3.31. The quantitative estimate of drug-likeness (QED) is 0.450. The van der Waals surface area contributed by atoms with Crippen LogP contribution >= 0.6 is 23.3 Å². The summed E-state index contributed by atoms with van der Waals surface area (Å²) in [6.45, 7) is 0. The highest BCUT2D eigenvalue weighted by Gasteiger charge is 1.91. The lowest BCUT2D eigenvalue weighted by Crippen LogP contribution is -1.69. The number of phenols is 1. The van der Waals surface area contributed by atoms with Crippen molar-refractivity contribution in [2.75, 3.05) is 0 Å². The Balaban J connectivity index is 0.000000396. The summed E-state index contributed by atoms with van der Waals surface area (Å²) in [4.78, 5) is 0. The monoisotopic (exact) mass is 210 g/mol. The maximum atomic E-state index is 9.13. The molecule has 0 bridgehead atoms. The summed E-state index contributed by atoms with van der Waals surface area (Å²) >= 11 is 6.44. The van der Waals surface area contributed by atoms with Crippen LogP contribution < -0.4 is 0 Å². The molecule has 2 aromatic rings. The summed E-state index contributed by atoms with van der Waals surface area (Å²) in [5.41, 5.74) is 0. The van der Waals surface area contributed by atoms with Gasteiger partial charge in [0.1, 0.15) is 5.75 Å².